The minimum Gasteiger partial charge on any atom is -0.356 e. The van der Waals surface area contributed by atoms with Gasteiger partial charge in [0.1, 0.15) is 5.82 Å². The monoisotopic (exact) mass is 269 g/mol. The quantitative estimate of drug-likeness (QED) is 0.926. The lowest BCUT2D eigenvalue weighted by Crippen LogP contribution is -2.25. The molecule has 0 radical (unpaired) electrons. The van der Waals surface area contributed by atoms with E-state index >= 15 is 0 Å². The van der Waals surface area contributed by atoms with Crippen LogP contribution in [0.25, 0.3) is 10.8 Å². The highest BCUT2D eigenvalue weighted by atomic mass is 15.2. The third-order valence-corrected chi connectivity index (χ3v) is 4.13. The van der Waals surface area contributed by atoms with E-state index in [9.17, 15) is 0 Å². The van der Waals surface area contributed by atoms with Gasteiger partial charge in [-0.2, -0.15) is 0 Å². The Morgan fingerprint density at radius 1 is 1.05 bits per heavy atom. The summed E-state index contributed by atoms with van der Waals surface area (Å²) in [7, 11) is 1.98. The zero-order chi connectivity index (χ0) is 13.8. The number of rotatable bonds is 3. The Labute approximate surface area is 121 Å². The molecule has 0 aliphatic carbocycles. The average molecular weight is 269 g/mol. The molecule has 3 rings (SSSR count). The molecule has 3 heteroatoms. The van der Waals surface area contributed by atoms with Gasteiger partial charge in [-0.05, 0) is 30.8 Å². The number of hydrogen-bond donors (Lipinski definition) is 1. The minimum atomic E-state index is 0.869. The van der Waals surface area contributed by atoms with Crippen LogP contribution in [0, 0.1) is 0 Å². The molecule has 2 heterocycles. The Morgan fingerprint density at radius 2 is 1.75 bits per heavy atom. The van der Waals surface area contributed by atoms with Crippen molar-refractivity contribution in [2.75, 3.05) is 25.0 Å². The molecule has 0 saturated carbocycles. The van der Waals surface area contributed by atoms with Gasteiger partial charge < -0.3 is 10.2 Å². The van der Waals surface area contributed by atoms with Crippen LogP contribution in [0.15, 0.2) is 30.5 Å². The lowest BCUT2D eigenvalue weighted by molar-refractivity contribution is 0.726. The van der Waals surface area contributed by atoms with E-state index in [2.05, 4.69) is 34.5 Å². The van der Waals surface area contributed by atoms with Gasteiger partial charge in [-0.3, -0.25) is 0 Å². The predicted molar refractivity (Wildman–Crippen MR) is 85.2 cm³/mol. The molecule has 1 fully saturated rings. The SMILES string of the molecule is CNCc1cnc(N2CCCCCC2)c2ccccc12. The highest BCUT2D eigenvalue weighted by Gasteiger charge is 2.15. The molecular formula is C17H23N3. The van der Waals surface area contributed by atoms with E-state index in [0.717, 1.165) is 19.6 Å². The van der Waals surface area contributed by atoms with Crippen molar-refractivity contribution in [2.45, 2.75) is 32.2 Å². The van der Waals surface area contributed by atoms with Crippen LogP contribution in [0.5, 0.6) is 0 Å². The topological polar surface area (TPSA) is 28.2 Å². The van der Waals surface area contributed by atoms with Gasteiger partial charge >= 0.3 is 0 Å². The number of aromatic nitrogens is 1. The molecule has 1 aromatic heterocycles. The van der Waals surface area contributed by atoms with E-state index < -0.39 is 0 Å². The molecule has 1 aliphatic heterocycles. The number of hydrogen-bond acceptors (Lipinski definition) is 3. The fourth-order valence-corrected chi connectivity index (χ4v) is 3.10. The number of nitrogens with zero attached hydrogens (tertiary/aromatic N) is 2. The van der Waals surface area contributed by atoms with E-state index in [0.29, 0.717) is 0 Å². The molecule has 1 aliphatic rings. The number of benzene rings is 1. The van der Waals surface area contributed by atoms with Gasteiger partial charge in [-0.1, -0.05) is 37.1 Å². The number of nitrogens with one attached hydrogen (secondary N) is 1. The van der Waals surface area contributed by atoms with E-state index in [-0.39, 0.29) is 0 Å². The predicted octanol–water partition coefficient (Wildman–Crippen LogP) is 3.33. The first-order chi connectivity index (χ1) is 9.90. The summed E-state index contributed by atoms with van der Waals surface area (Å²) in [5, 5.41) is 5.85. The fraction of sp³-hybridized carbons (Fsp3) is 0.471. The summed E-state index contributed by atoms with van der Waals surface area (Å²) in [6.45, 7) is 3.15. The van der Waals surface area contributed by atoms with Crippen LogP contribution in [0.1, 0.15) is 31.2 Å². The summed E-state index contributed by atoms with van der Waals surface area (Å²) in [5.74, 6) is 1.17. The lowest BCUT2D eigenvalue weighted by atomic mass is 10.1. The summed E-state index contributed by atoms with van der Waals surface area (Å²) in [5.41, 5.74) is 1.28. The highest BCUT2D eigenvalue weighted by Crippen LogP contribution is 2.28. The Balaban J connectivity index is 2.04. The second kappa shape index (κ2) is 6.23. The second-order valence-electron chi connectivity index (χ2n) is 5.58. The Morgan fingerprint density at radius 3 is 2.45 bits per heavy atom. The molecular weight excluding hydrogens is 246 g/mol. The minimum absolute atomic E-state index is 0.869. The lowest BCUT2D eigenvalue weighted by Gasteiger charge is -2.23. The zero-order valence-corrected chi connectivity index (χ0v) is 12.2. The summed E-state index contributed by atoms with van der Waals surface area (Å²) in [4.78, 5) is 7.25. The van der Waals surface area contributed by atoms with E-state index in [1.54, 1.807) is 0 Å². The Hall–Kier alpha value is -1.61. The van der Waals surface area contributed by atoms with E-state index in [1.165, 1.54) is 47.8 Å². The van der Waals surface area contributed by atoms with Crippen LogP contribution in [0.4, 0.5) is 5.82 Å². The highest BCUT2D eigenvalue weighted by molar-refractivity contribution is 5.94. The van der Waals surface area contributed by atoms with Crippen molar-refractivity contribution < 1.29 is 0 Å². The summed E-state index contributed by atoms with van der Waals surface area (Å²) < 4.78 is 0. The molecule has 0 atom stereocenters. The molecule has 20 heavy (non-hydrogen) atoms. The maximum atomic E-state index is 4.78. The number of anilines is 1. The Bertz CT molecular complexity index is 571. The van der Waals surface area contributed by atoms with Crippen molar-refractivity contribution in [2.24, 2.45) is 0 Å². The van der Waals surface area contributed by atoms with Crippen LogP contribution in [-0.2, 0) is 6.54 Å². The third kappa shape index (κ3) is 2.63. The molecule has 0 amide bonds. The number of pyridine rings is 1. The van der Waals surface area contributed by atoms with E-state index in [4.69, 9.17) is 4.98 Å². The molecule has 2 aromatic rings. The van der Waals surface area contributed by atoms with Gasteiger partial charge in [0.15, 0.2) is 0 Å². The Kier molecular flexibility index (Phi) is 4.16. The van der Waals surface area contributed by atoms with Gasteiger partial charge in [-0.25, -0.2) is 4.98 Å². The van der Waals surface area contributed by atoms with Crippen LogP contribution in [0.2, 0.25) is 0 Å². The maximum absolute atomic E-state index is 4.78. The molecule has 106 valence electrons. The molecule has 0 bridgehead atoms. The van der Waals surface area contributed by atoms with Crippen molar-refractivity contribution in [3.63, 3.8) is 0 Å². The van der Waals surface area contributed by atoms with Crippen LogP contribution < -0.4 is 10.2 Å². The standard InChI is InChI=1S/C17H23N3/c1-18-12-14-13-19-17(16-9-5-4-8-15(14)16)20-10-6-2-3-7-11-20/h4-5,8-9,13,18H,2-3,6-7,10-12H2,1H3. The molecule has 0 spiro atoms. The average Bonchev–Trinajstić information content (AvgIpc) is 2.77. The molecule has 1 N–H and O–H groups in total. The molecule has 0 unspecified atom stereocenters. The van der Waals surface area contributed by atoms with Crippen molar-refractivity contribution in [1.29, 1.82) is 0 Å². The molecule has 1 saturated heterocycles. The first-order valence-corrected chi connectivity index (χ1v) is 7.66. The van der Waals surface area contributed by atoms with Crippen molar-refractivity contribution in [1.82, 2.24) is 10.3 Å². The van der Waals surface area contributed by atoms with Crippen molar-refractivity contribution in [3.05, 3.63) is 36.0 Å². The second-order valence-corrected chi connectivity index (χ2v) is 5.58. The smallest absolute Gasteiger partial charge is 0.136 e. The van der Waals surface area contributed by atoms with Gasteiger partial charge in [-0.15, -0.1) is 0 Å². The summed E-state index contributed by atoms with van der Waals surface area (Å²) >= 11 is 0. The summed E-state index contributed by atoms with van der Waals surface area (Å²) in [6, 6.07) is 8.66. The largest absolute Gasteiger partial charge is 0.356 e. The van der Waals surface area contributed by atoms with Gasteiger partial charge in [0.25, 0.3) is 0 Å². The zero-order valence-electron chi connectivity index (χ0n) is 12.2. The molecule has 1 aromatic carbocycles. The van der Waals surface area contributed by atoms with Gasteiger partial charge in [0.2, 0.25) is 0 Å². The van der Waals surface area contributed by atoms with Gasteiger partial charge in [0.05, 0.1) is 0 Å². The van der Waals surface area contributed by atoms with Crippen LogP contribution in [0.3, 0.4) is 0 Å². The maximum Gasteiger partial charge on any atom is 0.136 e. The number of fused-ring (bicyclic) bond motifs is 1. The van der Waals surface area contributed by atoms with Gasteiger partial charge in [0, 0.05) is 31.2 Å². The summed E-state index contributed by atoms with van der Waals surface area (Å²) in [6.07, 6.45) is 7.32. The van der Waals surface area contributed by atoms with Crippen molar-refractivity contribution in [3.8, 4) is 0 Å². The third-order valence-electron chi connectivity index (χ3n) is 4.13. The van der Waals surface area contributed by atoms with Crippen molar-refractivity contribution >= 4 is 16.6 Å². The first-order valence-electron chi connectivity index (χ1n) is 7.66. The first kappa shape index (κ1) is 13.4. The fourth-order valence-electron chi connectivity index (χ4n) is 3.10. The molecule has 3 nitrogen and oxygen atoms in total. The van der Waals surface area contributed by atoms with E-state index in [1.807, 2.05) is 13.2 Å². The van der Waals surface area contributed by atoms with Crippen LogP contribution in [-0.4, -0.2) is 25.1 Å². The van der Waals surface area contributed by atoms with Crippen LogP contribution >= 0.6 is 0 Å². The normalized spacial score (nSPS) is 16.4.